The summed E-state index contributed by atoms with van der Waals surface area (Å²) < 4.78 is 37.6. The molecular weight excluding hydrogens is 239 g/mol. The van der Waals surface area contributed by atoms with E-state index in [2.05, 4.69) is 6.92 Å². The summed E-state index contributed by atoms with van der Waals surface area (Å²) in [6, 6.07) is 5.02. The van der Waals surface area contributed by atoms with E-state index in [1.54, 1.807) is 6.07 Å². The minimum absolute atomic E-state index is 0.302. The van der Waals surface area contributed by atoms with Crippen LogP contribution >= 0.6 is 0 Å². The fourth-order valence-electron chi connectivity index (χ4n) is 1.90. The van der Waals surface area contributed by atoms with Gasteiger partial charge in [0, 0.05) is 6.04 Å². The van der Waals surface area contributed by atoms with Gasteiger partial charge in [0.1, 0.15) is 0 Å². The first-order chi connectivity index (χ1) is 8.45. The minimum atomic E-state index is -4.29. The van der Waals surface area contributed by atoms with Crippen LogP contribution in [0.2, 0.25) is 0 Å². The summed E-state index contributed by atoms with van der Waals surface area (Å²) in [7, 11) is 0. The smallest absolute Gasteiger partial charge is 0.324 e. The lowest BCUT2D eigenvalue weighted by molar-refractivity contribution is -0.137. The van der Waals surface area contributed by atoms with Crippen molar-refractivity contribution in [2.24, 2.45) is 5.73 Å². The highest BCUT2D eigenvalue weighted by Crippen LogP contribution is 2.31. The van der Waals surface area contributed by atoms with E-state index in [1.165, 1.54) is 6.07 Å². The van der Waals surface area contributed by atoms with Crippen molar-refractivity contribution in [2.45, 2.75) is 51.2 Å². The molecule has 1 nitrogen and oxygen atoms in total. The van der Waals surface area contributed by atoms with Gasteiger partial charge in [-0.15, -0.1) is 0 Å². The first-order valence-electron chi connectivity index (χ1n) is 6.38. The van der Waals surface area contributed by atoms with Crippen LogP contribution in [0.15, 0.2) is 24.3 Å². The summed E-state index contributed by atoms with van der Waals surface area (Å²) in [6.07, 6.45) is 0.780. The molecule has 0 amide bonds. The predicted molar refractivity (Wildman–Crippen MR) is 67.1 cm³/mol. The molecule has 0 saturated heterocycles. The number of nitrogens with two attached hydrogens (primary N) is 1. The molecule has 4 heteroatoms. The van der Waals surface area contributed by atoms with E-state index in [1.807, 2.05) is 0 Å². The van der Waals surface area contributed by atoms with Crippen molar-refractivity contribution >= 4 is 0 Å². The van der Waals surface area contributed by atoms with E-state index >= 15 is 0 Å². The fraction of sp³-hybridized carbons (Fsp3) is 0.571. The number of hydrogen-bond donors (Lipinski definition) is 1. The van der Waals surface area contributed by atoms with E-state index in [0.717, 1.165) is 44.2 Å². The molecule has 102 valence electrons. The third kappa shape index (κ3) is 4.69. The maximum absolute atomic E-state index is 12.5. The molecule has 1 rings (SSSR count). The van der Waals surface area contributed by atoms with Gasteiger partial charge in [0.25, 0.3) is 0 Å². The van der Waals surface area contributed by atoms with Crippen molar-refractivity contribution in [3.8, 4) is 0 Å². The Kier molecular flexibility index (Phi) is 5.66. The summed E-state index contributed by atoms with van der Waals surface area (Å²) in [5.74, 6) is 0. The second kappa shape index (κ2) is 6.78. The fourth-order valence-corrected chi connectivity index (χ4v) is 1.90. The van der Waals surface area contributed by atoms with Crippen LogP contribution < -0.4 is 5.73 Å². The standard InChI is InChI=1S/C14H20F3N/c1-2-3-4-5-9-13(18)11-7-6-8-12(10-11)14(15,16)17/h6-8,10,13H,2-5,9,18H2,1H3. The zero-order chi connectivity index (χ0) is 13.6. The Balaban J connectivity index is 2.60. The Hall–Kier alpha value is -1.03. The number of hydrogen-bond acceptors (Lipinski definition) is 1. The van der Waals surface area contributed by atoms with Gasteiger partial charge in [0.15, 0.2) is 0 Å². The summed E-state index contributed by atoms with van der Waals surface area (Å²) in [5, 5.41) is 0. The van der Waals surface area contributed by atoms with Crippen LogP contribution in [0, 0.1) is 0 Å². The van der Waals surface area contributed by atoms with Crippen LogP contribution in [0.3, 0.4) is 0 Å². The van der Waals surface area contributed by atoms with Gasteiger partial charge in [-0.05, 0) is 24.1 Å². The zero-order valence-electron chi connectivity index (χ0n) is 10.6. The first kappa shape index (κ1) is 15.0. The molecule has 0 fully saturated rings. The summed E-state index contributed by atoms with van der Waals surface area (Å²) in [5.41, 5.74) is 5.87. The van der Waals surface area contributed by atoms with Gasteiger partial charge in [-0.2, -0.15) is 13.2 Å². The monoisotopic (exact) mass is 259 g/mol. The quantitative estimate of drug-likeness (QED) is 0.738. The Bertz CT molecular complexity index is 360. The number of halogens is 3. The molecular formula is C14H20F3N. The van der Waals surface area contributed by atoms with Gasteiger partial charge in [0.2, 0.25) is 0 Å². The van der Waals surface area contributed by atoms with Crippen molar-refractivity contribution in [2.75, 3.05) is 0 Å². The normalized spacial score (nSPS) is 13.6. The zero-order valence-corrected chi connectivity index (χ0v) is 10.6. The second-order valence-corrected chi connectivity index (χ2v) is 4.58. The number of unbranched alkanes of at least 4 members (excludes halogenated alkanes) is 3. The third-order valence-corrected chi connectivity index (χ3v) is 3.01. The topological polar surface area (TPSA) is 26.0 Å². The number of alkyl halides is 3. The summed E-state index contributed by atoms with van der Waals surface area (Å²) in [6.45, 7) is 2.12. The molecule has 0 heterocycles. The van der Waals surface area contributed by atoms with E-state index in [-0.39, 0.29) is 6.04 Å². The third-order valence-electron chi connectivity index (χ3n) is 3.01. The highest BCUT2D eigenvalue weighted by Gasteiger charge is 2.30. The molecule has 0 aliphatic carbocycles. The largest absolute Gasteiger partial charge is 0.416 e. The van der Waals surface area contributed by atoms with Gasteiger partial charge < -0.3 is 5.73 Å². The molecule has 0 spiro atoms. The van der Waals surface area contributed by atoms with Crippen LogP contribution in [0.1, 0.15) is 56.2 Å². The molecule has 1 unspecified atom stereocenters. The van der Waals surface area contributed by atoms with Crippen LogP contribution in [-0.4, -0.2) is 0 Å². The Morgan fingerprint density at radius 2 is 1.89 bits per heavy atom. The molecule has 1 aromatic rings. The van der Waals surface area contributed by atoms with Crippen molar-refractivity contribution in [3.05, 3.63) is 35.4 Å². The molecule has 0 aromatic heterocycles. The van der Waals surface area contributed by atoms with Crippen molar-refractivity contribution in [3.63, 3.8) is 0 Å². The van der Waals surface area contributed by atoms with Gasteiger partial charge in [-0.3, -0.25) is 0 Å². The van der Waals surface area contributed by atoms with E-state index in [4.69, 9.17) is 5.73 Å². The van der Waals surface area contributed by atoms with E-state index in [9.17, 15) is 13.2 Å². The lowest BCUT2D eigenvalue weighted by atomic mass is 9.99. The molecule has 0 bridgehead atoms. The molecule has 1 aromatic carbocycles. The second-order valence-electron chi connectivity index (χ2n) is 4.58. The van der Waals surface area contributed by atoms with E-state index in [0.29, 0.717) is 5.56 Å². The van der Waals surface area contributed by atoms with Crippen LogP contribution in [0.4, 0.5) is 13.2 Å². The van der Waals surface area contributed by atoms with Crippen LogP contribution in [0.25, 0.3) is 0 Å². The Morgan fingerprint density at radius 1 is 1.17 bits per heavy atom. The Labute approximate surface area is 106 Å². The van der Waals surface area contributed by atoms with Crippen molar-refractivity contribution < 1.29 is 13.2 Å². The first-order valence-corrected chi connectivity index (χ1v) is 6.38. The number of benzene rings is 1. The summed E-state index contributed by atoms with van der Waals surface area (Å²) in [4.78, 5) is 0. The van der Waals surface area contributed by atoms with Gasteiger partial charge >= 0.3 is 6.18 Å². The summed E-state index contributed by atoms with van der Waals surface area (Å²) >= 11 is 0. The minimum Gasteiger partial charge on any atom is -0.324 e. The molecule has 0 radical (unpaired) electrons. The van der Waals surface area contributed by atoms with Crippen LogP contribution in [-0.2, 0) is 6.18 Å². The highest BCUT2D eigenvalue weighted by atomic mass is 19.4. The van der Waals surface area contributed by atoms with Gasteiger partial charge in [-0.1, -0.05) is 44.7 Å². The van der Waals surface area contributed by atoms with Crippen molar-refractivity contribution in [1.82, 2.24) is 0 Å². The predicted octanol–water partition coefficient (Wildman–Crippen LogP) is 4.68. The maximum Gasteiger partial charge on any atom is 0.416 e. The molecule has 0 aliphatic heterocycles. The average molecular weight is 259 g/mol. The van der Waals surface area contributed by atoms with Gasteiger partial charge in [0.05, 0.1) is 5.56 Å². The highest BCUT2D eigenvalue weighted by molar-refractivity contribution is 5.27. The van der Waals surface area contributed by atoms with Crippen LogP contribution in [0.5, 0.6) is 0 Å². The maximum atomic E-state index is 12.5. The molecule has 18 heavy (non-hydrogen) atoms. The average Bonchev–Trinajstić information content (AvgIpc) is 2.33. The molecule has 0 aliphatic rings. The molecule has 2 N–H and O–H groups in total. The Morgan fingerprint density at radius 3 is 2.50 bits per heavy atom. The number of rotatable bonds is 6. The SMILES string of the molecule is CCCCCCC(N)c1cccc(C(F)(F)F)c1. The lowest BCUT2D eigenvalue weighted by Gasteiger charge is -2.14. The van der Waals surface area contributed by atoms with E-state index < -0.39 is 11.7 Å². The lowest BCUT2D eigenvalue weighted by Crippen LogP contribution is -2.12. The molecule has 0 saturated carbocycles. The van der Waals surface area contributed by atoms with Crippen molar-refractivity contribution in [1.29, 1.82) is 0 Å². The molecule has 1 atom stereocenters. The van der Waals surface area contributed by atoms with Gasteiger partial charge in [-0.25, -0.2) is 0 Å².